The van der Waals surface area contributed by atoms with Crippen molar-refractivity contribution in [2.24, 2.45) is 17.3 Å². The highest BCUT2D eigenvalue weighted by atomic mass is 28.4. The molecule has 0 N–H and O–H groups in total. The van der Waals surface area contributed by atoms with Crippen LogP contribution in [0.5, 0.6) is 0 Å². The summed E-state index contributed by atoms with van der Waals surface area (Å²) >= 11 is 0. The number of nitrogens with zero attached hydrogens (tertiary/aromatic N) is 1. The van der Waals surface area contributed by atoms with Crippen LogP contribution in [-0.4, -0.2) is 56.2 Å². The third-order valence-electron chi connectivity index (χ3n) is 13.2. The Hall–Kier alpha value is -1.33. The third kappa shape index (κ3) is 19.7. The predicted octanol–water partition coefficient (Wildman–Crippen LogP) is 15.6. The zero-order chi connectivity index (χ0) is 46.1. The van der Waals surface area contributed by atoms with Gasteiger partial charge in [-0.15, -0.1) is 11.5 Å². The quantitative estimate of drug-likeness (QED) is 0.0380. The average Bonchev–Trinajstić information content (AvgIpc) is 3.44. The number of hydrogen-bond donors (Lipinski definition) is 0. The second-order valence-electron chi connectivity index (χ2n) is 24.4. The number of hydrogen-bond acceptors (Lipinski definition) is 6. The summed E-state index contributed by atoms with van der Waals surface area (Å²) in [5.74, 6) is 4.39. The maximum atomic E-state index is 12.4. The lowest BCUT2D eigenvalue weighted by Gasteiger charge is -2.49. The van der Waals surface area contributed by atoms with Crippen molar-refractivity contribution in [3.63, 3.8) is 0 Å². The van der Waals surface area contributed by atoms with Gasteiger partial charge < -0.3 is 22.5 Å². The van der Waals surface area contributed by atoms with Gasteiger partial charge in [0, 0.05) is 19.8 Å². The average molecular weight is 889 g/mol. The van der Waals surface area contributed by atoms with Crippen LogP contribution in [0.15, 0.2) is 28.4 Å². The van der Waals surface area contributed by atoms with Crippen LogP contribution in [0.3, 0.4) is 0 Å². The van der Waals surface area contributed by atoms with Crippen LogP contribution in [0.1, 0.15) is 153 Å². The topological polar surface area (TPSA) is 70.8 Å². The van der Waals surface area contributed by atoms with Crippen molar-refractivity contribution < 1.29 is 22.5 Å². The molecule has 3 atom stereocenters. The van der Waals surface area contributed by atoms with Crippen molar-refractivity contribution in [3.05, 3.63) is 35.6 Å². The van der Waals surface area contributed by atoms with Crippen molar-refractivity contribution in [1.82, 2.24) is 4.98 Å². The number of aldehydes is 1. The zero-order valence-electron chi connectivity index (χ0n) is 42.8. The Labute approximate surface area is 369 Å². The molecule has 10 heteroatoms. The molecule has 0 radical (unpaired) electrons. The summed E-state index contributed by atoms with van der Waals surface area (Å²) in [5, 5.41) is 0.0692. The van der Waals surface area contributed by atoms with Crippen molar-refractivity contribution in [3.8, 4) is 11.5 Å². The van der Waals surface area contributed by atoms with Crippen molar-refractivity contribution in [1.29, 1.82) is 0 Å². The Kier molecular flexibility index (Phi) is 20.2. The van der Waals surface area contributed by atoms with Crippen molar-refractivity contribution in [2.75, 3.05) is 0 Å². The molecule has 3 unspecified atom stereocenters. The Bertz CT molecular complexity index is 1550. The number of rotatable bonds is 22. The maximum absolute atomic E-state index is 12.4. The number of allylic oxidation sites excluding steroid dienone is 1. The van der Waals surface area contributed by atoms with E-state index in [9.17, 15) is 4.79 Å². The summed E-state index contributed by atoms with van der Waals surface area (Å²) < 4.78 is 26.9. The molecule has 1 rings (SSSR count). The molecule has 0 aromatic carbocycles. The number of aromatic nitrogens is 1. The molecular weight excluding hydrogens is 795 g/mol. The standard InChI is InChI=1S/C49H93NO5Si4/c1-39(29-31-49(54-58(20,21)46(7,8)9,55-59(22,23)47(10,11)12)32-30-43-38-52-41(3)50-43)26-24-27-40(2)34-42(28-25-33-56(15,16)17)35-48(13,14)36-44(37-51)53-57(18,19)45(4,5)6/h29-30,32,37-38,40,42,44H,24,26-28,31,34-36H2,1-23H3/b32-30+,39-29+. The second kappa shape index (κ2) is 21.4. The van der Waals surface area contributed by atoms with Gasteiger partial charge in [0.25, 0.3) is 0 Å². The first-order chi connectivity index (χ1) is 26.3. The van der Waals surface area contributed by atoms with E-state index < -0.39 is 38.8 Å². The van der Waals surface area contributed by atoms with Gasteiger partial charge in [0.1, 0.15) is 32.4 Å². The Morgan fingerprint density at radius 2 is 1.36 bits per heavy atom. The molecule has 1 heterocycles. The minimum Gasteiger partial charge on any atom is -0.449 e. The first kappa shape index (κ1) is 55.7. The van der Waals surface area contributed by atoms with Crippen LogP contribution in [0.2, 0.25) is 74.0 Å². The van der Waals surface area contributed by atoms with Gasteiger partial charge in [-0.1, -0.05) is 121 Å². The van der Waals surface area contributed by atoms with E-state index in [1.165, 1.54) is 5.57 Å². The summed E-state index contributed by atoms with van der Waals surface area (Å²) in [5.41, 5.74) is 5.74. The molecule has 0 aliphatic carbocycles. The van der Waals surface area contributed by atoms with E-state index in [-0.39, 0.29) is 26.6 Å². The van der Waals surface area contributed by atoms with Gasteiger partial charge in [0.15, 0.2) is 36.6 Å². The molecule has 0 saturated carbocycles. The van der Waals surface area contributed by atoms with Gasteiger partial charge >= 0.3 is 0 Å². The van der Waals surface area contributed by atoms with E-state index in [4.69, 9.17) is 17.7 Å². The minimum atomic E-state index is -2.28. The van der Waals surface area contributed by atoms with E-state index in [1.807, 2.05) is 13.0 Å². The molecule has 0 saturated heterocycles. The van der Waals surface area contributed by atoms with Crippen molar-refractivity contribution >= 4 is 45.4 Å². The first-order valence-electron chi connectivity index (χ1n) is 22.7. The van der Waals surface area contributed by atoms with Crippen LogP contribution in [0, 0.1) is 35.6 Å². The van der Waals surface area contributed by atoms with Crippen LogP contribution in [0.4, 0.5) is 0 Å². The zero-order valence-corrected chi connectivity index (χ0v) is 46.8. The lowest BCUT2D eigenvalue weighted by atomic mass is 9.75. The lowest BCUT2D eigenvalue weighted by Crippen LogP contribution is -2.56. The van der Waals surface area contributed by atoms with E-state index in [1.54, 1.807) is 6.26 Å². The molecule has 0 aliphatic rings. The predicted molar refractivity (Wildman–Crippen MR) is 266 cm³/mol. The normalized spacial score (nSPS) is 16.2. The lowest BCUT2D eigenvalue weighted by molar-refractivity contribution is -0.115. The molecule has 6 nitrogen and oxygen atoms in total. The molecule has 0 fully saturated rings. The third-order valence-corrected chi connectivity index (χ3v) is 27.6. The maximum Gasteiger partial charge on any atom is 0.196 e. The molecule has 59 heavy (non-hydrogen) atoms. The number of aryl methyl sites for hydroxylation is 1. The Morgan fingerprint density at radius 3 is 1.80 bits per heavy atom. The van der Waals surface area contributed by atoms with Crippen LogP contribution >= 0.6 is 0 Å². The van der Waals surface area contributed by atoms with Crippen LogP contribution in [-0.2, 0) is 18.1 Å². The molecule has 0 aliphatic heterocycles. The highest BCUT2D eigenvalue weighted by Gasteiger charge is 2.49. The summed E-state index contributed by atoms with van der Waals surface area (Å²) in [6.45, 7) is 52.4. The van der Waals surface area contributed by atoms with Crippen molar-refractivity contribution in [2.45, 2.75) is 234 Å². The highest BCUT2D eigenvalue weighted by molar-refractivity contribution is 6.83. The Balaban J connectivity index is 3.32. The molecule has 0 bridgehead atoms. The smallest absolute Gasteiger partial charge is 0.196 e. The Morgan fingerprint density at radius 1 is 0.831 bits per heavy atom. The first-order valence-corrected chi connectivity index (χ1v) is 34.9. The highest BCUT2D eigenvalue weighted by Crippen LogP contribution is 2.46. The van der Waals surface area contributed by atoms with E-state index in [0.29, 0.717) is 24.1 Å². The van der Waals surface area contributed by atoms with Gasteiger partial charge in [0.2, 0.25) is 0 Å². The fraction of sp³-hybridized carbons (Fsp3) is 0.796. The number of carbonyl (C=O) groups is 1. The molecule has 1 aromatic heterocycles. The van der Waals surface area contributed by atoms with Gasteiger partial charge in [0.05, 0.1) is 0 Å². The van der Waals surface area contributed by atoms with Gasteiger partial charge in [-0.3, -0.25) is 0 Å². The summed E-state index contributed by atoms with van der Waals surface area (Å²) in [7, 11) is -8.11. The number of carbonyl (C=O) groups excluding carboxylic acids is 1. The van der Waals surface area contributed by atoms with Gasteiger partial charge in [-0.2, -0.15) is 0 Å². The largest absolute Gasteiger partial charge is 0.449 e. The SMILES string of the molecule is C/C(=C\CC(/C=C/c1coc(C)n1)(O[Si](C)(C)C(C)(C)C)O[Si](C)(C)C(C)(C)C)CCCC(C)CC(CC#C[Si](C)(C)C)CC(C)(C)CC(C=O)O[Si](C)(C)C(C)(C)C. The van der Waals surface area contributed by atoms with Crippen LogP contribution < -0.4 is 0 Å². The van der Waals surface area contributed by atoms with E-state index in [2.05, 4.69) is 178 Å². The minimum absolute atomic E-state index is 0.00425. The van der Waals surface area contributed by atoms with Gasteiger partial charge in [-0.25, -0.2) is 4.98 Å². The monoisotopic (exact) mass is 888 g/mol. The molecule has 0 spiro atoms. The molecular formula is C49H93NO5Si4. The molecule has 340 valence electrons. The number of oxazole rings is 1. The van der Waals surface area contributed by atoms with E-state index >= 15 is 0 Å². The molecule has 1 aromatic rings. The summed E-state index contributed by atoms with van der Waals surface area (Å²) in [6, 6.07) is 0. The molecule has 0 amide bonds. The second-order valence-corrected chi connectivity index (χ2v) is 43.4. The fourth-order valence-electron chi connectivity index (χ4n) is 6.70. The van der Waals surface area contributed by atoms with Crippen LogP contribution in [0.25, 0.3) is 6.08 Å². The summed E-state index contributed by atoms with van der Waals surface area (Å²) in [6.07, 6.45) is 16.7. The van der Waals surface area contributed by atoms with Gasteiger partial charge in [-0.05, 0) is 123 Å². The fourth-order valence-corrected chi connectivity index (χ4v) is 11.4. The summed E-state index contributed by atoms with van der Waals surface area (Å²) in [4.78, 5) is 16.9. The van der Waals surface area contributed by atoms with E-state index in [0.717, 1.165) is 56.9 Å².